The van der Waals surface area contributed by atoms with Gasteiger partial charge in [-0.15, -0.1) is 23.7 Å². The Kier molecular flexibility index (Phi) is 3.53. The van der Waals surface area contributed by atoms with Crippen LogP contribution >= 0.6 is 23.7 Å². The molecule has 5 heteroatoms. The van der Waals surface area contributed by atoms with Crippen LogP contribution < -0.4 is 5.73 Å². The van der Waals surface area contributed by atoms with Crippen molar-refractivity contribution in [1.82, 2.24) is 0 Å². The van der Waals surface area contributed by atoms with Crippen LogP contribution in [0.5, 0.6) is 0 Å². The molecule has 78 valence electrons. The fourth-order valence-electron chi connectivity index (χ4n) is 1.60. The van der Waals surface area contributed by atoms with Crippen LogP contribution in [-0.2, 0) is 11.2 Å². The molecule has 1 unspecified atom stereocenters. The van der Waals surface area contributed by atoms with Crippen molar-refractivity contribution in [2.24, 2.45) is 5.73 Å². The van der Waals surface area contributed by atoms with Crippen molar-refractivity contribution in [3.05, 3.63) is 21.4 Å². The number of hydrogen-bond donors (Lipinski definition) is 1. The summed E-state index contributed by atoms with van der Waals surface area (Å²) in [5, 5.41) is 0. The number of rotatable bonds is 1. The van der Waals surface area contributed by atoms with E-state index in [-0.39, 0.29) is 24.4 Å². The second-order valence-corrected chi connectivity index (χ2v) is 4.26. The average molecular weight is 234 g/mol. The van der Waals surface area contributed by atoms with Gasteiger partial charge >= 0.3 is 5.97 Å². The van der Waals surface area contributed by atoms with E-state index in [2.05, 4.69) is 4.74 Å². The highest BCUT2D eigenvalue weighted by Gasteiger charge is 2.24. The highest BCUT2D eigenvalue weighted by molar-refractivity contribution is 7.14. The third-order valence-corrected chi connectivity index (χ3v) is 3.50. The number of carbonyl (C=O) groups excluding carboxylic acids is 1. The van der Waals surface area contributed by atoms with Crippen molar-refractivity contribution in [2.75, 3.05) is 7.11 Å². The molecule has 0 radical (unpaired) electrons. The van der Waals surface area contributed by atoms with Crippen molar-refractivity contribution in [1.29, 1.82) is 0 Å². The Balaban J connectivity index is 0.000000980. The molecule has 1 heterocycles. The van der Waals surface area contributed by atoms with Crippen molar-refractivity contribution in [3.8, 4) is 0 Å². The van der Waals surface area contributed by atoms with Crippen molar-refractivity contribution < 1.29 is 9.53 Å². The van der Waals surface area contributed by atoms with Gasteiger partial charge in [0.25, 0.3) is 0 Å². The topological polar surface area (TPSA) is 52.3 Å². The molecule has 2 rings (SSSR count). The van der Waals surface area contributed by atoms with E-state index in [1.165, 1.54) is 23.3 Å². The highest BCUT2D eigenvalue weighted by atomic mass is 35.5. The SMILES string of the molecule is COC(=O)c1cc2c(s1)CCC2N.Cl. The summed E-state index contributed by atoms with van der Waals surface area (Å²) in [7, 11) is 1.40. The van der Waals surface area contributed by atoms with Gasteiger partial charge in [0.2, 0.25) is 0 Å². The molecule has 1 aliphatic rings. The number of carbonyl (C=O) groups is 1. The standard InChI is InChI=1S/C9H11NO2S.ClH/c1-12-9(11)8-4-5-6(10)2-3-7(5)13-8;/h4,6H,2-3,10H2,1H3;1H. The Bertz CT molecular complexity index is 351. The molecule has 3 nitrogen and oxygen atoms in total. The predicted molar refractivity (Wildman–Crippen MR) is 58.2 cm³/mol. The normalized spacial score (nSPS) is 18.6. The Morgan fingerprint density at radius 1 is 1.71 bits per heavy atom. The maximum absolute atomic E-state index is 11.2. The maximum atomic E-state index is 11.2. The Labute approximate surface area is 92.7 Å². The summed E-state index contributed by atoms with van der Waals surface area (Å²) in [5.74, 6) is -0.258. The van der Waals surface area contributed by atoms with Crippen LogP contribution in [0.3, 0.4) is 0 Å². The van der Waals surface area contributed by atoms with Crippen LogP contribution in [0.4, 0.5) is 0 Å². The molecule has 14 heavy (non-hydrogen) atoms. The summed E-state index contributed by atoms with van der Waals surface area (Å²) in [5.41, 5.74) is 6.99. The first-order valence-electron chi connectivity index (χ1n) is 4.19. The van der Waals surface area contributed by atoms with Crippen LogP contribution in [0.25, 0.3) is 0 Å². The van der Waals surface area contributed by atoms with Gasteiger partial charge in [0, 0.05) is 10.9 Å². The zero-order valence-corrected chi connectivity index (χ0v) is 9.41. The smallest absolute Gasteiger partial charge is 0.348 e. The van der Waals surface area contributed by atoms with Gasteiger partial charge in [-0.3, -0.25) is 0 Å². The zero-order chi connectivity index (χ0) is 9.42. The van der Waals surface area contributed by atoms with E-state index in [4.69, 9.17) is 5.73 Å². The van der Waals surface area contributed by atoms with Crippen LogP contribution in [0, 0.1) is 0 Å². The van der Waals surface area contributed by atoms with E-state index in [1.807, 2.05) is 6.07 Å². The van der Waals surface area contributed by atoms with E-state index in [0.717, 1.165) is 18.4 Å². The number of fused-ring (bicyclic) bond motifs is 1. The molecule has 0 saturated heterocycles. The maximum Gasteiger partial charge on any atom is 0.348 e. The highest BCUT2D eigenvalue weighted by Crippen LogP contribution is 2.35. The summed E-state index contributed by atoms with van der Waals surface area (Å²) in [6, 6.07) is 1.98. The number of nitrogens with two attached hydrogens (primary N) is 1. The molecule has 0 bridgehead atoms. The number of esters is 1. The van der Waals surface area contributed by atoms with Gasteiger partial charge in [0.1, 0.15) is 4.88 Å². The van der Waals surface area contributed by atoms with E-state index in [1.54, 1.807) is 0 Å². The quantitative estimate of drug-likeness (QED) is 0.754. The van der Waals surface area contributed by atoms with E-state index in [9.17, 15) is 4.79 Å². The molecule has 0 fully saturated rings. The molecule has 0 aliphatic heterocycles. The summed E-state index contributed by atoms with van der Waals surface area (Å²) < 4.78 is 4.64. The Morgan fingerprint density at radius 3 is 3.00 bits per heavy atom. The molecule has 0 amide bonds. The first-order valence-corrected chi connectivity index (χ1v) is 5.00. The fraction of sp³-hybridized carbons (Fsp3) is 0.444. The van der Waals surface area contributed by atoms with Gasteiger partial charge in [-0.2, -0.15) is 0 Å². The molecular weight excluding hydrogens is 222 g/mol. The van der Waals surface area contributed by atoms with Crippen molar-refractivity contribution in [3.63, 3.8) is 0 Å². The van der Waals surface area contributed by atoms with Crippen LogP contribution in [0.2, 0.25) is 0 Å². The third kappa shape index (κ3) is 1.78. The summed E-state index contributed by atoms with van der Waals surface area (Å²) in [4.78, 5) is 13.1. The fourth-order valence-corrected chi connectivity index (χ4v) is 2.76. The van der Waals surface area contributed by atoms with Gasteiger partial charge in [0.15, 0.2) is 0 Å². The first-order chi connectivity index (χ1) is 6.22. The molecular formula is C9H12ClNO2S. The lowest BCUT2D eigenvalue weighted by atomic mass is 10.2. The number of methoxy groups -OCH3 is 1. The van der Waals surface area contributed by atoms with Gasteiger partial charge in [-0.25, -0.2) is 4.79 Å². The first kappa shape index (κ1) is 11.5. The number of hydrogen-bond acceptors (Lipinski definition) is 4. The van der Waals surface area contributed by atoms with Crippen molar-refractivity contribution >= 4 is 29.7 Å². The molecule has 2 N–H and O–H groups in total. The summed E-state index contributed by atoms with van der Waals surface area (Å²) in [6.45, 7) is 0. The molecule has 1 atom stereocenters. The van der Waals surface area contributed by atoms with Crippen LogP contribution in [-0.4, -0.2) is 13.1 Å². The molecule has 0 aromatic carbocycles. The lowest BCUT2D eigenvalue weighted by Crippen LogP contribution is -2.05. The molecule has 1 aliphatic carbocycles. The van der Waals surface area contributed by atoms with E-state index >= 15 is 0 Å². The monoisotopic (exact) mass is 233 g/mol. The van der Waals surface area contributed by atoms with Crippen LogP contribution in [0.1, 0.15) is 32.6 Å². The van der Waals surface area contributed by atoms with Gasteiger partial charge < -0.3 is 10.5 Å². The molecule has 0 spiro atoms. The summed E-state index contributed by atoms with van der Waals surface area (Å²) in [6.07, 6.45) is 2.00. The van der Waals surface area contributed by atoms with Gasteiger partial charge in [-0.1, -0.05) is 0 Å². The second-order valence-electron chi connectivity index (χ2n) is 3.13. The molecule has 0 saturated carbocycles. The van der Waals surface area contributed by atoms with E-state index < -0.39 is 0 Å². The predicted octanol–water partition coefficient (Wildman–Crippen LogP) is 1.90. The van der Waals surface area contributed by atoms with Gasteiger partial charge in [0.05, 0.1) is 7.11 Å². The number of ether oxygens (including phenoxy) is 1. The lowest BCUT2D eigenvalue weighted by molar-refractivity contribution is 0.0606. The minimum absolute atomic E-state index is 0. The number of thiophene rings is 1. The summed E-state index contributed by atoms with van der Waals surface area (Å²) >= 11 is 1.50. The lowest BCUT2D eigenvalue weighted by Gasteiger charge is -1.99. The number of halogens is 1. The largest absolute Gasteiger partial charge is 0.465 e. The minimum Gasteiger partial charge on any atom is -0.465 e. The average Bonchev–Trinajstić information content (AvgIpc) is 2.67. The molecule has 1 aromatic rings. The van der Waals surface area contributed by atoms with Crippen molar-refractivity contribution in [2.45, 2.75) is 18.9 Å². The van der Waals surface area contributed by atoms with E-state index in [0.29, 0.717) is 4.88 Å². The number of aryl methyl sites for hydroxylation is 1. The second kappa shape index (κ2) is 4.29. The zero-order valence-electron chi connectivity index (χ0n) is 7.78. The minimum atomic E-state index is -0.258. The molecule has 1 aromatic heterocycles. The Hall–Kier alpha value is -0.580. The third-order valence-electron chi connectivity index (χ3n) is 2.31. The van der Waals surface area contributed by atoms with Gasteiger partial charge in [-0.05, 0) is 24.5 Å². The Morgan fingerprint density at radius 2 is 2.43 bits per heavy atom. The van der Waals surface area contributed by atoms with Crippen LogP contribution in [0.15, 0.2) is 6.07 Å².